The Morgan fingerprint density at radius 1 is 1.23 bits per heavy atom. The van der Waals surface area contributed by atoms with Crippen LogP contribution in [0.15, 0.2) is 30.7 Å². The summed E-state index contributed by atoms with van der Waals surface area (Å²) in [5.74, 6) is -1.35. The van der Waals surface area contributed by atoms with E-state index in [9.17, 15) is 13.6 Å². The highest BCUT2D eigenvalue weighted by Crippen LogP contribution is 2.43. The van der Waals surface area contributed by atoms with Crippen molar-refractivity contribution in [2.24, 2.45) is 5.92 Å². The summed E-state index contributed by atoms with van der Waals surface area (Å²) in [5.41, 5.74) is 1.58. The van der Waals surface area contributed by atoms with Crippen LogP contribution in [-0.4, -0.2) is 20.4 Å². The van der Waals surface area contributed by atoms with E-state index in [1.807, 2.05) is 4.57 Å². The first kappa shape index (κ1) is 13.4. The lowest BCUT2D eigenvalue weighted by Gasteiger charge is -2.34. The van der Waals surface area contributed by atoms with Gasteiger partial charge in [-0.2, -0.15) is 0 Å². The lowest BCUT2D eigenvalue weighted by molar-refractivity contribution is -0.138. The summed E-state index contributed by atoms with van der Waals surface area (Å²) in [6, 6.07) is 3.57. The Kier molecular flexibility index (Phi) is 2.99. The number of carbonyl (C=O) groups is 1. The van der Waals surface area contributed by atoms with E-state index in [1.165, 1.54) is 6.07 Å². The predicted octanol–water partition coefficient (Wildman–Crippen LogP) is 2.65. The molecule has 1 aliphatic heterocycles. The van der Waals surface area contributed by atoms with Gasteiger partial charge in [0, 0.05) is 12.7 Å². The molecule has 1 fully saturated rings. The number of hydrogen-bond donors (Lipinski definition) is 0. The van der Waals surface area contributed by atoms with Crippen molar-refractivity contribution < 1.29 is 13.6 Å². The first-order valence-corrected chi connectivity index (χ1v) is 7.37. The zero-order chi connectivity index (χ0) is 15.3. The van der Waals surface area contributed by atoms with Crippen LogP contribution in [0.25, 0.3) is 0 Å². The minimum Gasteiger partial charge on any atom is -0.331 e. The summed E-state index contributed by atoms with van der Waals surface area (Å²) in [6.07, 6.45) is 5.57. The Morgan fingerprint density at radius 3 is 2.77 bits per heavy atom. The minimum absolute atomic E-state index is 0.0396. The monoisotopic (exact) mass is 303 g/mol. The average Bonchev–Trinajstić information content (AvgIpc) is 3.22. The second kappa shape index (κ2) is 4.90. The summed E-state index contributed by atoms with van der Waals surface area (Å²) in [6.45, 7) is 0.728. The van der Waals surface area contributed by atoms with Crippen molar-refractivity contribution in [3.8, 4) is 0 Å². The Balaban J connectivity index is 1.62. The van der Waals surface area contributed by atoms with Crippen LogP contribution in [0.3, 0.4) is 0 Å². The topological polar surface area (TPSA) is 38.1 Å². The number of hydrogen-bond acceptors (Lipinski definition) is 2. The second-order valence-electron chi connectivity index (χ2n) is 6.02. The molecular formula is C16H15F2N3O. The van der Waals surface area contributed by atoms with Crippen molar-refractivity contribution >= 4 is 5.91 Å². The molecule has 114 valence electrons. The van der Waals surface area contributed by atoms with Gasteiger partial charge in [0.15, 0.2) is 11.6 Å². The molecule has 4 rings (SSSR count). The van der Waals surface area contributed by atoms with Crippen molar-refractivity contribution in [2.45, 2.75) is 32.0 Å². The first-order chi connectivity index (χ1) is 10.6. The van der Waals surface area contributed by atoms with E-state index in [4.69, 9.17) is 0 Å². The van der Waals surface area contributed by atoms with Crippen LogP contribution in [-0.2, 0) is 17.9 Å². The summed E-state index contributed by atoms with van der Waals surface area (Å²) >= 11 is 0. The number of amides is 1. The standard InChI is InChI=1S/C16H15F2N3O/c17-13-4-1-10(5-14(13)18)7-20-8-12-6-19-9-21(12)15(16(20)22)11-2-3-11/h1,4-6,9,11,15H,2-3,7-8H2. The van der Waals surface area contributed by atoms with Gasteiger partial charge in [-0.05, 0) is 36.5 Å². The van der Waals surface area contributed by atoms with Crippen LogP contribution in [0.2, 0.25) is 0 Å². The SMILES string of the molecule is O=C1C(C2CC2)n2cncc2CN1Cc1ccc(F)c(F)c1. The van der Waals surface area contributed by atoms with Gasteiger partial charge in [0.2, 0.25) is 5.91 Å². The molecule has 0 N–H and O–H groups in total. The second-order valence-corrected chi connectivity index (χ2v) is 6.02. The number of carbonyl (C=O) groups excluding carboxylic acids is 1. The fourth-order valence-electron chi connectivity index (χ4n) is 3.12. The Labute approximate surface area is 126 Å². The molecule has 2 heterocycles. The van der Waals surface area contributed by atoms with Gasteiger partial charge in [0.25, 0.3) is 0 Å². The molecule has 0 bridgehead atoms. The van der Waals surface area contributed by atoms with Gasteiger partial charge in [-0.3, -0.25) is 4.79 Å². The van der Waals surface area contributed by atoms with E-state index in [-0.39, 0.29) is 18.5 Å². The van der Waals surface area contributed by atoms with Crippen LogP contribution in [0.4, 0.5) is 8.78 Å². The summed E-state index contributed by atoms with van der Waals surface area (Å²) < 4.78 is 28.3. The van der Waals surface area contributed by atoms with Gasteiger partial charge in [0.1, 0.15) is 6.04 Å². The third-order valence-electron chi connectivity index (χ3n) is 4.39. The van der Waals surface area contributed by atoms with Gasteiger partial charge < -0.3 is 9.47 Å². The van der Waals surface area contributed by atoms with Crippen LogP contribution in [0.5, 0.6) is 0 Å². The van der Waals surface area contributed by atoms with Crippen molar-refractivity contribution in [1.29, 1.82) is 0 Å². The first-order valence-electron chi connectivity index (χ1n) is 7.37. The van der Waals surface area contributed by atoms with Crippen LogP contribution >= 0.6 is 0 Å². The van der Waals surface area contributed by atoms with E-state index < -0.39 is 11.6 Å². The largest absolute Gasteiger partial charge is 0.331 e. The van der Waals surface area contributed by atoms with Gasteiger partial charge in [-0.1, -0.05) is 6.07 Å². The summed E-state index contributed by atoms with van der Waals surface area (Å²) in [7, 11) is 0. The van der Waals surface area contributed by atoms with Crippen LogP contribution < -0.4 is 0 Å². The third kappa shape index (κ3) is 2.19. The molecule has 1 aromatic heterocycles. The zero-order valence-electron chi connectivity index (χ0n) is 11.9. The molecule has 2 aromatic rings. The lowest BCUT2D eigenvalue weighted by Crippen LogP contribution is -2.42. The number of aromatic nitrogens is 2. The maximum atomic E-state index is 13.3. The van der Waals surface area contributed by atoms with Crippen LogP contribution in [0, 0.1) is 17.6 Å². The fraction of sp³-hybridized carbons (Fsp3) is 0.375. The van der Waals surface area contributed by atoms with E-state index in [2.05, 4.69) is 4.98 Å². The molecule has 1 aromatic carbocycles. The molecule has 1 amide bonds. The molecule has 1 unspecified atom stereocenters. The molecule has 1 aliphatic carbocycles. The predicted molar refractivity (Wildman–Crippen MR) is 74.6 cm³/mol. The number of benzene rings is 1. The van der Waals surface area contributed by atoms with Gasteiger partial charge >= 0.3 is 0 Å². The molecule has 0 saturated heterocycles. The Hall–Kier alpha value is -2.24. The van der Waals surface area contributed by atoms with Crippen molar-refractivity contribution in [3.63, 3.8) is 0 Å². The molecule has 0 spiro atoms. The average molecular weight is 303 g/mol. The summed E-state index contributed by atoms with van der Waals surface area (Å²) in [5, 5.41) is 0. The quantitative estimate of drug-likeness (QED) is 0.874. The maximum Gasteiger partial charge on any atom is 0.246 e. The highest BCUT2D eigenvalue weighted by Gasteiger charge is 2.42. The van der Waals surface area contributed by atoms with E-state index in [1.54, 1.807) is 17.4 Å². The lowest BCUT2D eigenvalue weighted by atomic mass is 10.1. The number of rotatable bonds is 3. The highest BCUT2D eigenvalue weighted by molar-refractivity contribution is 5.82. The Morgan fingerprint density at radius 2 is 2.05 bits per heavy atom. The molecule has 2 aliphatic rings. The molecule has 4 nitrogen and oxygen atoms in total. The van der Waals surface area contributed by atoms with Crippen molar-refractivity contribution in [3.05, 3.63) is 53.6 Å². The van der Waals surface area contributed by atoms with Gasteiger partial charge in [-0.15, -0.1) is 0 Å². The van der Waals surface area contributed by atoms with E-state index in [0.29, 0.717) is 18.0 Å². The fourth-order valence-corrected chi connectivity index (χ4v) is 3.12. The summed E-state index contributed by atoms with van der Waals surface area (Å²) in [4.78, 5) is 18.6. The van der Waals surface area contributed by atoms with E-state index >= 15 is 0 Å². The number of halogens is 2. The Bertz CT molecular complexity index is 739. The number of nitrogens with zero attached hydrogens (tertiary/aromatic N) is 3. The third-order valence-corrected chi connectivity index (χ3v) is 4.39. The molecule has 1 atom stereocenters. The molecular weight excluding hydrogens is 288 g/mol. The van der Waals surface area contributed by atoms with E-state index in [0.717, 1.165) is 30.7 Å². The number of fused-ring (bicyclic) bond motifs is 1. The number of imidazole rings is 1. The highest BCUT2D eigenvalue weighted by atomic mass is 19.2. The van der Waals surface area contributed by atoms with Crippen molar-refractivity contribution in [2.75, 3.05) is 0 Å². The maximum absolute atomic E-state index is 13.3. The molecule has 22 heavy (non-hydrogen) atoms. The molecule has 6 heteroatoms. The minimum atomic E-state index is -0.884. The van der Waals surface area contributed by atoms with Crippen molar-refractivity contribution in [1.82, 2.24) is 14.5 Å². The molecule has 0 radical (unpaired) electrons. The van der Waals surface area contributed by atoms with Gasteiger partial charge in [0.05, 0.1) is 18.6 Å². The molecule has 1 saturated carbocycles. The smallest absolute Gasteiger partial charge is 0.246 e. The normalized spacial score (nSPS) is 21.1. The zero-order valence-corrected chi connectivity index (χ0v) is 11.9. The van der Waals surface area contributed by atoms with Gasteiger partial charge in [-0.25, -0.2) is 13.8 Å². The van der Waals surface area contributed by atoms with Crippen LogP contribution in [0.1, 0.15) is 30.1 Å².